The van der Waals surface area contributed by atoms with Gasteiger partial charge in [-0.2, -0.15) is 0 Å². The fraction of sp³-hybridized carbons (Fsp3) is 0.938. The Hall–Kier alpha value is 0.620. The van der Waals surface area contributed by atoms with Gasteiger partial charge in [-0.15, -0.1) is 0 Å². The maximum atomic E-state index is 11.1. The summed E-state index contributed by atoms with van der Waals surface area (Å²) in [6.45, 7) is 2.38. The minimum absolute atomic E-state index is 0. The molecule has 23 heavy (non-hydrogen) atoms. The molecule has 0 aromatic carbocycles. The number of hydrogen-bond acceptors (Lipinski definition) is 5. The van der Waals surface area contributed by atoms with Gasteiger partial charge in [-0.25, -0.2) is 4.79 Å². The molecule has 0 saturated carbocycles. The Morgan fingerprint density at radius 3 is 1.65 bits per heavy atom. The molecule has 0 N–H and O–H groups in total. The topological polar surface area (TPSA) is 75.7 Å². The van der Waals surface area contributed by atoms with Crippen LogP contribution >= 0.6 is 7.60 Å². The van der Waals surface area contributed by atoms with E-state index in [4.69, 9.17) is 0 Å². The number of hydrogen-bond donors (Lipinski definition) is 0. The monoisotopic (exact) mass is 358 g/mol. The third-order valence-corrected chi connectivity index (χ3v) is 4.74. The minimum Gasteiger partial charge on any atom is -0.770 e. The summed E-state index contributed by atoms with van der Waals surface area (Å²) >= 11 is 0. The summed E-state index contributed by atoms with van der Waals surface area (Å²) < 4.78 is 19.7. The second-order valence-electron chi connectivity index (χ2n) is 5.68. The van der Waals surface area contributed by atoms with E-state index in [9.17, 15) is 14.3 Å². The first-order valence-electron chi connectivity index (χ1n) is 8.58. The van der Waals surface area contributed by atoms with Crippen LogP contribution in [0.2, 0.25) is 0 Å². The van der Waals surface area contributed by atoms with E-state index in [1.165, 1.54) is 57.8 Å². The molecule has 0 aliphatic heterocycles. The van der Waals surface area contributed by atoms with E-state index >= 15 is 0 Å². The zero-order valence-corrected chi connectivity index (χ0v) is 18.1. The van der Waals surface area contributed by atoms with Crippen LogP contribution in [0.4, 0.5) is 4.79 Å². The molecule has 0 amide bonds. The maximum absolute atomic E-state index is 11.1. The summed E-state index contributed by atoms with van der Waals surface area (Å²) in [5.74, 6) is 0. The van der Waals surface area contributed by atoms with Crippen molar-refractivity contribution in [3.8, 4) is 0 Å². The molecule has 7 heteroatoms. The summed E-state index contributed by atoms with van der Waals surface area (Å²) in [5.41, 5.74) is -1.27. The van der Waals surface area contributed by atoms with E-state index in [-0.39, 0.29) is 36.2 Å². The Morgan fingerprint density at radius 2 is 1.26 bits per heavy atom. The summed E-state index contributed by atoms with van der Waals surface area (Å²) in [6, 6.07) is 0. The van der Waals surface area contributed by atoms with Crippen molar-refractivity contribution in [1.29, 1.82) is 0 Å². The van der Waals surface area contributed by atoms with E-state index < -0.39 is 13.3 Å². The normalized spacial score (nSPS) is 13.2. The first-order valence-corrected chi connectivity index (χ1v) is 10.1. The van der Waals surface area contributed by atoms with Crippen molar-refractivity contribution in [2.75, 3.05) is 13.7 Å². The van der Waals surface area contributed by atoms with Crippen LogP contribution in [0.3, 0.4) is 0 Å². The third kappa shape index (κ3) is 15.9. The summed E-state index contributed by atoms with van der Waals surface area (Å²) in [5, 5.41) is 0. The SMILES string of the molecule is CCCCCCCCCCCCCCOC(=O)P(=O)([O-])OC.[Na+]. The van der Waals surface area contributed by atoms with Crippen molar-refractivity contribution < 1.29 is 53.1 Å². The molecular formula is C16H32NaO5P. The predicted molar refractivity (Wildman–Crippen MR) is 87.0 cm³/mol. The molecule has 0 rings (SSSR count). The third-order valence-electron chi connectivity index (χ3n) is 3.69. The predicted octanol–water partition coefficient (Wildman–Crippen LogP) is 2.03. The van der Waals surface area contributed by atoms with Gasteiger partial charge in [0, 0.05) is 7.11 Å². The van der Waals surface area contributed by atoms with E-state index in [0.717, 1.165) is 20.0 Å². The molecule has 1 atom stereocenters. The largest absolute Gasteiger partial charge is 1.00 e. The summed E-state index contributed by atoms with van der Waals surface area (Å²) in [7, 11) is -3.50. The second kappa shape index (κ2) is 17.4. The molecule has 0 spiro atoms. The van der Waals surface area contributed by atoms with Crippen molar-refractivity contribution in [3.63, 3.8) is 0 Å². The van der Waals surface area contributed by atoms with Crippen molar-refractivity contribution in [3.05, 3.63) is 0 Å². The van der Waals surface area contributed by atoms with Crippen molar-refractivity contribution in [2.24, 2.45) is 0 Å². The number of unbranched alkanes of at least 4 members (excludes halogenated alkanes) is 11. The van der Waals surface area contributed by atoms with Crippen LogP contribution in [0.1, 0.15) is 84.0 Å². The average Bonchev–Trinajstić information content (AvgIpc) is 2.51. The van der Waals surface area contributed by atoms with Crippen LogP contribution in [0.5, 0.6) is 0 Å². The minimum atomic E-state index is -4.46. The Bertz CT molecular complexity index is 326. The van der Waals surface area contributed by atoms with Gasteiger partial charge in [-0.1, -0.05) is 77.6 Å². The van der Waals surface area contributed by atoms with Crippen LogP contribution in [0, 0.1) is 0 Å². The van der Waals surface area contributed by atoms with Crippen LogP contribution in [0.15, 0.2) is 0 Å². The molecule has 0 radical (unpaired) electrons. The van der Waals surface area contributed by atoms with E-state index in [1.807, 2.05) is 0 Å². The fourth-order valence-electron chi connectivity index (χ4n) is 2.26. The van der Waals surface area contributed by atoms with Crippen molar-refractivity contribution >= 4 is 13.3 Å². The van der Waals surface area contributed by atoms with Crippen LogP contribution in [0.25, 0.3) is 0 Å². The van der Waals surface area contributed by atoms with Gasteiger partial charge in [0.2, 0.25) is 7.60 Å². The first-order chi connectivity index (χ1) is 10.5. The molecule has 5 nitrogen and oxygen atoms in total. The van der Waals surface area contributed by atoms with Crippen LogP contribution in [-0.4, -0.2) is 19.4 Å². The molecule has 0 heterocycles. The maximum Gasteiger partial charge on any atom is 1.00 e. The van der Waals surface area contributed by atoms with Gasteiger partial charge in [-0.3, -0.25) is 4.57 Å². The van der Waals surface area contributed by atoms with Gasteiger partial charge >= 0.3 is 35.3 Å². The smallest absolute Gasteiger partial charge is 0.770 e. The number of carbonyl (C=O) groups excluding carboxylic acids is 1. The number of rotatable bonds is 15. The molecule has 0 saturated heterocycles. The fourth-order valence-corrected chi connectivity index (χ4v) is 2.65. The number of carbonyl (C=O) groups is 1. The standard InChI is InChI=1S/C16H33O5P.Na/c1-3-4-5-6-7-8-9-10-11-12-13-14-15-21-16(17)22(18,19)20-2;/h3-15H2,1-2H3,(H,18,19);/q;+1/p-1. The molecule has 0 fully saturated rings. The second-order valence-corrected chi connectivity index (χ2v) is 7.41. The van der Waals surface area contributed by atoms with Gasteiger partial charge in [0.15, 0.2) is 0 Å². The zero-order valence-electron chi connectivity index (χ0n) is 15.2. The molecule has 1 unspecified atom stereocenters. The van der Waals surface area contributed by atoms with Crippen molar-refractivity contribution in [2.45, 2.75) is 84.0 Å². The Kier molecular flexibility index (Phi) is 19.6. The Balaban J connectivity index is 0. The van der Waals surface area contributed by atoms with E-state index in [0.29, 0.717) is 6.42 Å². The molecular weight excluding hydrogens is 326 g/mol. The van der Waals surface area contributed by atoms with Gasteiger partial charge in [0.05, 0.1) is 6.61 Å². The Morgan fingerprint density at radius 1 is 0.870 bits per heavy atom. The zero-order chi connectivity index (χ0) is 16.7. The summed E-state index contributed by atoms with van der Waals surface area (Å²) in [4.78, 5) is 22.1. The van der Waals surface area contributed by atoms with Gasteiger partial charge in [0.25, 0.3) is 0 Å². The number of ether oxygens (including phenoxy) is 1. The quantitative estimate of drug-likeness (QED) is 0.254. The molecule has 0 aliphatic rings. The van der Waals surface area contributed by atoms with Gasteiger partial charge in [0.1, 0.15) is 0 Å². The van der Waals surface area contributed by atoms with Gasteiger partial charge in [-0.05, 0) is 6.42 Å². The molecule has 0 aromatic heterocycles. The van der Waals surface area contributed by atoms with E-state index in [2.05, 4.69) is 16.2 Å². The van der Waals surface area contributed by atoms with E-state index in [1.54, 1.807) is 0 Å². The van der Waals surface area contributed by atoms with Crippen molar-refractivity contribution in [1.82, 2.24) is 0 Å². The molecule has 0 bridgehead atoms. The Labute approximate surface area is 163 Å². The van der Waals surface area contributed by atoms with Crippen LogP contribution in [-0.2, 0) is 13.8 Å². The molecule has 0 aliphatic carbocycles. The van der Waals surface area contributed by atoms with Gasteiger partial charge < -0.3 is 14.2 Å². The van der Waals surface area contributed by atoms with Crippen LogP contribution < -0.4 is 34.5 Å². The molecule has 0 aromatic rings. The first kappa shape index (κ1) is 25.9. The molecule has 132 valence electrons. The summed E-state index contributed by atoms with van der Waals surface area (Å²) in [6.07, 6.45) is 14.6. The average molecular weight is 358 g/mol.